The summed E-state index contributed by atoms with van der Waals surface area (Å²) < 4.78 is 57.9. The Morgan fingerprint density at radius 1 is 1.13 bits per heavy atom. The van der Waals surface area contributed by atoms with Gasteiger partial charge in [-0.15, -0.1) is 0 Å². The Bertz CT molecular complexity index is 947. The molecule has 5 nitrogen and oxygen atoms in total. The normalized spacial score (nSPS) is 19.2. The number of likely N-dealkylation sites (tertiary alicyclic amines) is 1. The van der Waals surface area contributed by atoms with Gasteiger partial charge in [0, 0.05) is 30.5 Å². The third-order valence-electron chi connectivity index (χ3n) is 5.29. The number of nitrogens with two attached hydrogens (primary N) is 1. The van der Waals surface area contributed by atoms with E-state index < -0.39 is 34.8 Å². The second-order valence-electron chi connectivity index (χ2n) is 7.79. The van der Waals surface area contributed by atoms with E-state index in [2.05, 4.69) is 0 Å². The van der Waals surface area contributed by atoms with Crippen LogP contribution in [0.15, 0.2) is 48.5 Å². The van der Waals surface area contributed by atoms with Crippen molar-refractivity contribution in [1.29, 1.82) is 0 Å². The molecule has 1 heterocycles. The Labute approximate surface area is 176 Å². The zero-order valence-corrected chi connectivity index (χ0v) is 16.6. The minimum Gasteiger partial charge on any atom is -0.493 e. The van der Waals surface area contributed by atoms with E-state index in [1.807, 2.05) is 0 Å². The van der Waals surface area contributed by atoms with Crippen molar-refractivity contribution >= 4 is 11.8 Å². The number of hydrogen-bond acceptors (Lipinski definition) is 3. The van der Waals surface area contributed by atoms with Crippen LogP contribution in [0.25, 0.3) is 0 Å². The first-order valence-electron chi connectivity index (χ1n) is 9.71. The van der Waals surface area contributed by atoms with Crippen LogP contribution in [-0.2, 0) is 11.0 Å². The molecule has 1 fully saturated rings. The van der Waals surface area contributed by atoms with Crippen LogP contribution in [0.3, 0.4) is 0 Å². The summed E-state index contributed by atoms with van der Waals surface area (Å²) in [6.45, 7) is 0.492. The maximum absolute atomic E-state index is 13.1. The average Bonchev–Trinajstić information content (AvgIpc) is 2.72. The first kappa shape index (κ1) is 22.6. The Kier molecular flexibility index (Phi) is 6.52. The van der Waals surface area contributed by atoms with E-state index in [0.29, 0.717) is 25.1 Å². The van der Waals surface area contributed by atoms with E-state index in [1.165, 1.54) is 41.3 Å². The van der Waals surface area contributed by atoms with Crippen molar-refractivity contribution in [1.82, 2.24) is 4.90 Å². The Morgan fingerprint density at radius 2 is 1.84 bits per heavy atom. The number of carbonyl (C=O) groups excluding carboxylic acids is 2. The summed E-state index contributed by atoms with van der Waals surface area (Å²) in [6, 6.07) is 9.61. The second-order valence-corrected chi connectivity index (χ2v) is 7.79. The largest absolute Gasteiger partial charge is 0.493 e. The van der Waals surface area contributed by atoms with E-state index in [1.54, 1.807) is 0 Å². The van der Waals surface area contributed by atoms with Crippen LogP contribution in [0.2, 0.25) is 0 Å². The fourth-order valence-corrected chi connectivity index (χ4v) is 3.84. The van der Waals surface area contributed by atoms with Gasteiger partial charge in [0.25, 0.3) is 5.91 Å². The molecule has 2 amide bonds. The summed E-state index contributed by atoms with van der Waals surface area (Å²) in [6.07, 6.45) is -3.54. The van der Waals surface area contributed by atoms with E-state index in [4.69, 9.17) is 10.5 Å². The highest BCUT2D eigenvalue weighted by Crippen LogP contribution is 2.36. The predicted octanol–water partition coefficient (Wildman–Crippen LogP) is 4.02. The number of benzene rings is 2. The topological polar surface area (TPSA) is 72.6 Å². The van der Waals surface area contributed by atoms with Gasteiger partial charge in [-0.2, -0.15) is 13.2 Å². The summed E-state index contributed by atoms with van der Waals surface area (Å²) in [5.74, 6) is -1.15. The lowest BCUT2D eigenvalue weighted by atomic mass is 9.77. The molecule has 1 saturated heterocycles. The Morgan fingerprint density at radius 3 is 2.48 bits per heavy atom. The number of hydrogen-bond donors (Lipinski definition) is 1. The van der Waals surface area contributed by atoms with Crippen LogP contribution in [0, 0.1) is 11.2 Å². The van der Waals surface area contributed by atoms with Gasteiger partial charge >= 0.3 is 6.18 Å². The van der Waals surface area contributed by atoms with E-state index in [0.717, 1.165) is 12.1 Å². The van der Waals surface area contributed by atoms with Crippen LogP contribution < -0.4 is 10.5 Å². The number of rotatable bonds is 6. The number of nitrogens with zero attached hydrogens (tertiary/aromatic N) is 1. The first-order valence-corrected chi connectivity index (χ1v) is 9.71. The maximum Gasteiger partial charge on any atom is 0.416 e. The number of primary amides is 1. The molecular formula is C22H22F4N2O3. The van der Waals surface area contributed by atoms with Crippen molar-refractivity contribution < 1.29 is 31.9 Å². The lowest BCUT2D eigenvalue weighted by Gasteiger charge is -2.42. The quantitative estimate of drug-likeness (QED) is 0.693. The van der Waals surface area contributed by atoms with Gasteiger partial charge in [-0.1, -0.05) is 6.07 Å². The first-order chi connectivity index (χ1) is 14.6. The van der Waals surface area contributed by atoms with Crippen LogP contribution >= 0.6 is 0 Å². The molecule has 0 saturated carbocycles. The minimum absolute atomic E-state index is 0.0495. The zero-order chi connectivity index (χ0) is 22.6. The summed E-state index contributed by atoms with van der Waals surface area (Å²) in [7, 11) is 0. The summed E-state index contributed by atoms with van der Waals surface area (Å²) in [5.41, 5.74) is 3.65. The molecule has 0 aliphatic carbocycles. The molecule has 2 aromatic rings. The molecule has 0 unspecified atom stereocenters. The van der Waals surface area contributed by atoms with Crippen LogP contribution in [-0.4, -0.2) is 36.4 Å². The van der Waals surface area contributed by atoms with Crippen molar-refractivity contribution in [2.45, 2.75) is 25.4 Å². The van der Waals surface area contributed by atoms with Gasteiger partial charge in [0.15, 0.2) is 0 Å². The van der Waals surface area contributed by atoms with Crippen molar-refractivity contribution in [3.05, 3.63) is 65.5 Å². The second kappa shape index (κ2) is 8.95. The molecule has 2 N–H and O–H groups in total. The van der Waals surface area contributed by atoms with Gasteiger partial charge in [-0.25, -0.2) is 4.39 Å². The molecule has 0 spiro atoms. The standard InChI is InChI=1S/C22H22F4N2O3/c23-17-5-7-18(8-6-17)31-14-21(12-19(27)29)9-2-10-28(13-21)20(30)15-3-1-4-16(11-15)22(24,25)26/h1,3-8,11H,2,9-10,12-14H2,(H2,27,29)/t21-/m1/s1. The third-order valence-corrected chi connectivity index (χ3v) is 5.29. The monoisotopic (exact) mass is 438 g/mol. The Balaban J connectivity index is 1.79. The molecule has 0 radical (unpaired) electrons. The van der Waals surface area contributed by atoms with Crippen LogP contribution in [0.5, 0.6) is 5.75 Å². The molecule has 31 heavy (non-hydrogen) atoms. The number of halogens is 4. The lowest BCUT2D eigenvalue weighted by molar-refractivity contribution is -0.137. The van der Waals surface area contributed by atoms with Gasteiger partial charge in [0.1, 0.15) is 11.6 Å². The van der Waals surface area contributed by atoms with E-state index in [9.17, 15) is 27.2 Å². The number of alkyl halides is 3. The molecule has 9 heteroatoms. The van der Waals surface area contributed by atoms with Gasteiger partial charge in [-0.05, 0) is 55.3 Å². The van der Waals surface area contributed by atoms with E-state index >= 15 is 0 Å². The maximum atomic E-state index is 13.1. The molecule has 0 bridgehead atoms. The van der Waals surface area contributed by atoms with Gasteiger partial charge in [0.05, 0.1) is 12.2 Å². The SMILES string of the molecule is NC(=O)C[C@]1(COc2ccc(F)cc2)CCCN(C(=O)c2cccc(C(F)(F)F)c2)C1. The fourth-order valence-electron chi connectivity index (χ4n) is 3.84. The van der Waals surface area contributed by atoms with Crippen molar-refractivity contribution in [3.8, 4) is 5.75 Å². The van der Waals surface area contributed by atoms with Gasteiger partial charge in [0.2, 0.25) is 5.91 Å². The fraction of sp³-hybridized carbons (Fsp3) is 0.364. The molecule has 166 valence electrons. The number of piperidine rings is 1. The highest BCUT2D eigenvalue weighted by atomic mass is 19.4. The van der Waals surface area contributed by atoms with Crippen molar-refractivity contribution in [3.63, 3.8) is 0 Å². The summed E-state index contributed by atoms with van der Waals surface area (Å²) in [4.78, 5) is 26.1. The molecule has 3 rings (SSSR count). The molecular weight excluding hydrogens is 416 g/mol. The number of amides is 2. The van der Waals surface area contributed by atoms with E-state index in [-0.39, 0.29) is 25.1 Å². The summed E-state index contributed by atoms with van der Waals surface area (Å²) in [5, 5.41) is 0. The molecule has 2 aromatic carbocycles. The third kappa shape index (κ3) is 5.74. The van der Waals surface area contributed by atoms with Gasteiger partial charge < -0.3 is 15.4 Å². The van der Waals surface area contributed by atoms with Crippen molar-refractivity contribution in [2.24, 2.45) is 11.1 Å². The highest BCUT2D eigenvalue weighted by Gasteiger charge is 2.40. The smallest absolute Gasteiger partial charge is 0.416 e. The summed E-state index contributed by atoms with van der Waals surface area (Å²) >= 11 is 0. The van der Waals surface area contributed by atoms with Crippen LogP contribution in [0.1, 0.15) is 35.2 Å². The predicted molar refractivity (Wildman–Crippen MR) is 105 cm³/mol. The minimum atomic E-state index is -4.56. The molecule has 1 atom stereocenters. The number of ether oxygens (including phenoxy) is 1. The van der Waals surface area contributed by atoms with Crippen molar-refractivity contribution in [2.75, 3.05) is 19.7 Å². The van der Waals surface area contributed by atoms with Crippen LogP contribution in [0.4, 0.5) is 17.6 Å². The number of carbonyl (C=O) groups is 2. The molecule has 1 aliphatic rings. The molecule has 1 aliphatic heterocycles. The zero-order valence-electron chi connectivity index (χ0n) is 16.6. The van der Waals surface area contributed by atoms with Gasteiger partial charge in [-0.3, -0.25) is 9.59 Å². The Hall–Kier alpha value is -3.10. The highest BCUT2D eigenvalue weighted by molar-refractivity contribution is 5.94. The lowest BCUT2D eigenvalue weighted by Crippen LogP contribution is -2.50. The average molecular weight is 438 g/mol. The molecule has 0 aromatic heterocycles.